The van der Waals surface area contributed by atoms with Gasteiger partial charge in [-0.3, -0.25) is 4.79 Å². The molecule has 0 spiro atoms. The van der Waals surface area contributed by atoms with Crippen LogP contribution < -0.4 is 0 Å². The molecule has 76 valence electrons. The molecule has 1 aromatic carbocycles. The summed E-state index contributed by atoms with van der Waals surface area (Å²) in [5.41, 5.74) is 0.644. The average Bonchev–Trinajstić information content (AvgIpc) is 2.17. The van der Waals surface area contributed by atoms with E-state index in [0.717, 1.165) is 11.1 Å². The third-order valence-electron chi connectivity index (χ3n) is 2.39. The van der Waals surface area contributed by atoms with E-state index >= 15 is 0 Å². The van der Waals surface area contributed by atoms with Crippen LogP contribution in [0.2, 0.25) is 0 Å². The van der Waals surface area contributed by atoms with Gasteiger partial charge in [0, 0.05) is 0 Å². The molecule has 0 fully saturated rings. The van der Waals surface area contributed by atoms with Crippen LogP contribution in [-0.4, -0.2) is 16.2 Å². The van der Waals surface area contributed by atoms with E-state index in [-0.39, 0.29) is 6.61 Å². The van der Waals surface area contributed by atoms with E-state index in [2.05, 4.69) is 0 Å². The fraction of sp³-hybridized carbons (Fsp3) is 0.364. The minimum Gasteiger partial charge on any atom is -0.481 e. The van der Waals surface area contributed by atoms with Crippen LogP contribution in [0.15, 0.2) is 24.3 Å². The number of aliphatic hydroxyl groups is 1. The maximum atomic E-state index is 10.9. The lowest BCUT2D eigenvalue weighted by Gasteiger charge is -2.19. The average molecular weight is 194 g/mol. The molecule has 2 N–H and O–H groups in total. The number of rotatable bonds is 3. The van der Waals surface area contributed by atoms with Crippen LogP contribution in [0.5, 0.6) is 0 Å². The number of hydrogen-bond acceptors (Lipinski definition) is 2. The molecule has 0 atom stereocenters. The molecule has 14 heavy (non-hydrogen) atoms. The van der Waals surface area contributed by atoms with Gasteiger partial charge in [0.2, 0.25) is 0 Å². The largest absolute Gasteiger partial charge is 0.481 e. The van der Waals surface area contributed by atoms with Gasteiger partial charge in [0.05, 0.1) is 12.0 Å². The molecule has 0 heterocycles. The molecule has 0 aliphatic rings. The minimum absolute atomic E-state index is 0.0201. The number of hydrogen-bond donors (Lipinski definition) is 2. The summed E-state index contributed by atoms with van der Waals surface area (Å²) in [5, 5.41) is 17.8. The highest BCUT2D eigenvalue weighted by atomic mass is 16.4. The van der Waals surface area contributed by atoms with Crippen molar-refractivity contribution in [2.75, 3.05) is 0 Å². The Morgan fingerprint density at radius 2 is 1.79 bits per heavy atom. The van der Waals surface area contributed by atoms with E-state index in [9.17, 15) is 4.79 Å². The second-order valence-electron chi connectivity index (χ2n) is 3.79. The van der Waals surface area contributed by atoms with Gasteiger partial charge in [0.1, 0.15) is 0 Å². The van der Waals surface area contributed by atoms with Gasteiger partial charge in [0.25, 0.3) is 0 Å². The Labute approximate surface area is 83.0 Å². The number of aliphatic carboxylic acids is 1. The fourth-order valence-electron chi connectivity index (χ4n) is 1.15. The van der Waals surface area contributed by atoms with Crippen molar-refractivity contribution in [1.82, 2.24) is 0 Å². The van der Waals surface area contributed by atoms with Crippen LogP contribution in [0.4, 0.5) is 0 Å². The first-order valence-electron chi connectivity index (χ1n) is 4.42. The van der Waals surface area contributed by atoms with Crippen molar-refractivity contribution in [2.24, 2.45) is 0 Å². The third kappa shape index (κ3) is 1.93. The molecule has 0 saturated carbocycles. The molecule has 0 unspecified atom stereocenters. The summed E-state index contributed by atoms with van der Waals surface area (Å²) in [7, 11) is 0. The van der Waals surface area contributed by atoms with Crippen LogP contribution in [0.1, 0.15) is 25.0 Å². The second-order valence-corrected chi connectivity index (χ2v) is 3.79. The normalized spacial score (nSPS) is 11.4. The minimum atomic E-state index is -0.881. The molecule has 0 amide bonds. The van der Waals surface area contributed by atoms with Gasteiger partial charge in [-0.25, -0.2) is 0 Å². The monoisotopic (exact) mass is 194 g/mol. The zero-order chi connectivity index (χ0) is 10.8. The zero-order valence-electron chi connectivity index (χ0n) is 8.32. The van der Waals surface area contributed by atoms with Crippen LogP contribution in [-0.2, 0) is 16.8 Å². The SMILES string of the molecule is CC(C)(C(=O)O)c1ccc(CO)cc1. The van der Waals surface area contributed by atoms with Crippen molar-refractivity contribution in [3.8, 4) is 0 Å². The number of carboxylic acid groups (broad SMARTS) is 1. The molecule has 3 nitrogen and oxygen atoms in total. The number of carboxylic acids is 1. The summed E-state index contributed by atoms with van der Waals surface area (Å²) in [6, 6.07) is 6.94. The predicted molar refractivity (Wildman–Crippen MR) is 53.0 cm³/mol. The highest BCUT2D eigenvalue weighted by Gasteiger charge is 2.28. The molecule has 0 aliphatic carbocycles. The highest BCUT2D eigenvalue weighted by molar-refractivity contribution is 5.80. The van der Waals surface area contributed by atoms with Crippen molar-refractivity contribution in [1.29, 1.82) is 0 Å². The molecule has 0 aliphatic heterocycles. The first-order chi connectivity index (χ1) is 6.48. The van der Waals surface area contributed by atoms with Gasteiger partial charge in [0.15, 0.2) is 0 Å². The summed E-state index contributed by atoms with van der Waals surface area (Å²) in [5.74, 6) is -0.853. The Kier molecular flexibility index (Phi) is 2.91. The molecule has 1 rings (SSSR count). The van der Waals surface area contributed by atoms with Gasteiger partial charge in [-0.05, 0) is 25.0 Å². The lowest BCUT2D eigenvalue weighted by molar-refractivity contribution is -0.142. The van der Waals surface area contributed by atoms with Crippen molar-refractivity contribution in [2.45, 2.75) is 25.9 Å². The topological polar surface area (TPSA) is 57.5 Å². The Balaban J connectivity index is 3.02. The molecule has 1 aromatic rings. The molecule has 0 saturated heterocycles. The van der Waals surface area contributed by atoms with Gasteiger partial charge < -0.3 is 10.2 Å². The molecule has 0 radical (unpaired) electrons. The van der Waals surface area contributed by atoms with E-state index in [1.807, 2.05) is 0 Å². The van der Waals surface area contributed by atoms with E-state index in [4.69, 9.17) is 10.2 Å². The van der Waals surface area contributed by atoms with Crippen molar-refractivity contribution >= 4 is 5.97 Å². The Morgan fingerprint density at radius 3 is 2.14 bits per heavy atom. The Hall–Kier alpha value is -1.35. The van der Waals surface area contributed by atoms with E-state index in [1.165, 1.54) is 0 Å². The summed E-state index contributed by atoms with van der Waals surface area (Å²) in [6.45, 7) is 3.29. The molecule has 3 heteroatoms. The quantitative estimate of drug-likeness (QED) is 0.767. The summed E-state index contributed by atoms with van der Waals surface area (Å²) in [4.78, 5) is 10.9. The number of aliphatic hydroxyl groups excluding tert-OH is 1. The first-order valence-corrected chi connectivity index (χ1v) is 4.42. The smallest absolute Gasteiger partial charge is 0.313 e. The molecule has 0 bridgehead atoms. The fourth-order valence-corrected chi connectivity index (χ4v) is 1.15. The lowest BCUT2D eigenvalue weighted by Crippen LogP contribution is -2.28. The molecular formula is C11H14O3. The van der Waals surface area contributed by atoms with Crippen LogP contribution >= 0.6 is 0 Å². The van der Waals surface area contributed by atoms with Crippen molar-refractivity contribution in [3.05, 3.63) is 35.4 Å². The van der Waals surface area contributed by atoms with E-state index in [0.29, 0.717) is 0 Å². The van der Waals surface area contributed by atoms with E-state index in [1.54, 1.807) is 38.1 Å². The molecule has 0 aromatic heterocycles. The number of benzene rings is 1. The Bertz CT molecular complexity index is 325. The van der Waals surface area contributed by atoms with Crippen LogP contribution in [0.3, 0.4) is 0 Å². The van der Waals surface area contributed by atoms with Gasteiger partial charge in [-0.15, -0.1) is 0 Å². The zero-order valence-corrected chi connectivity index (χ0v) is 8.32. The van der Waals surface area contributed by atoms with Crippen molar-refractivity contribution < 1.29 is 15.0 Å². The molecular weight excluding hydrogens is 180 g/mol. The van der Waals surface area contributed by atoms with Crippen molar-refractivity contribution in [3.63, 3.8) is 0 Å². The maximum absolute atomic E-state index is 10.9. The predicted octanol–water partition coefficient (Wildman–Crippen LogP) is 1.54. The lowest BCUT2D eigenvalue weighted by atomic mass is 9.84. The van der Waals surface area contributed by atoms with Gasteiger partial charge >= 0.3 is 5.97 Å². The van der Waals surface area contributed by atoms with Gasteiger partial charge in [-0.2, -0.15) is 0 Å². The Morgan fingerprint density at radius 1 is 1.29 bits per heavy atom. The summed E-state index contributed by atoms with van der Waals surface area (Å²) < 4.78 is 0. The summed E-state index contributed by atoms with van der Waals surface area (Å²) >= 11 is 0. The van der Waals surface area contributed by atoms with E-state index < -0.39 is 11.4 Å². The number of carbonyl (C=O) groups is 1. The standard InChI is InChI=1S/C11H14O3/c1-11(2,10(13)14)9-5-3-8(7-12)4-6-9/h3-6,12H,7H2,1-2H3,(H,13,14). The summed E-state index contributed by atoms with van der Waals surface area (Å²) in [6.07, 6.45) is 0. The maximum Gasteiger partial charge on any atom is 0.313 e. The second kappa shape index (κ2) is 3.80. The first kappa shape index (κ1) is 10.7. The third-order valence-corrected chi connectivity index (χ3v) is 2.39. The van der Waals surface area contributed by atoms with Gasteiger partial charge in [-0.1, -0.05) is 24.3 Å². The van der Waals surface area contributed by atoms with Crippen LogP contribution in [0, 0.1) is 0 Å². The van der Waals surface area contributed by atoms with Crippen LogP contribution in [0.25, 0.3) is 0 Å². The highest BCUT2D eigenvalue weighted by Crippen LogP contribution is 2.23.